The summed E-state index contributed by atoms with van der Waals surface area (Å²) >= 11 is 0. The fraction of sp³-hybridized carbons (Fsp3) is 0.211. The highest BCUT2D eigenvalue weighted by molar-refractivity contribution is 5.68. The maximum Gasteiger partial charge on any atom is 0.134 e. The van der Waals surface area contributed by atoms with Crippen molar-refractivity contribution < 1.29 is 9.50 Å². The Labute approximate surface area is 150 Å². The molecule has 26 heavy (non-hydrogen) atoms. The molecule has 0 radical (unpaired) electrons. The van der Waals surface area contributed by atoms with Gasteiger partial charge in [0.25, 0.3) is 0 Å². The van der Waals surface area contributed by atoms with Crippen LogP contribution in [0.15, 0.2) is 54.9 Å². The van der Waals surface area contributed by atoms with Crippen LogP contribution < -0.4 is 5.32 Å². The minimum atomic E-state index is -0.981. The Hall–Kier alpha value is -3.06. The van der Waals surface area contributed by atoms with Gasteiger partial charge < -0.3 is 15.0 Å². The van der Waals surface area contributed by atoms with E-state index in [9.17, 15) is 9.50 Å². The van der Waals surface area contributed by atoms with E-state index in [0.717, 1.165) is 17.8 Å². The molecule has 6 nitrogen and oxygen atoms in total. The molecule has 1 aliphatic heterocycles. The van der Waals surface area contributed by atoms with E-state index in [2.05, 4.69) is 20.3 Å². The van der Waals surface area contributed by atoms with Crippen LogP contribution in [0, 0.1) is 0 Å². The summed E-state index contributed by atoms with van der Waals surface area (Å²) in [7, 11) is 0. The quantitative estimate of drug-likeness (QED) is 0.759. The molecular weight excluding hydrogens is 333 g/mol. The molecule has 0 amide bonds. The monoisotopic (exact) mass is 351 g/mol. The summed E-state index contributed by atoms with van der Waals surface area (Å²) in [5.41, 5.74) is 3.30. The number of aromatic nitrogens is 4. The molecule has 3 heterocycles. The van der Waals surface area contributed by atoms with Crippen molar-refractivity contribution >= 4 is 6.08 Å². The Bertz CT molecular complexity index is 922. The van der Waals surface area contributed by atoms with E-state index in [1.165, 1.54) is 0 Å². The van der Waals surface area contributed by atoms with Crippen LogP contribution in [-0.2, 0) is 0 Å². The third-order valence-electron chi connectivity index (χ3n) is 4.38. The van der Waals surface area contributed by atoms with Crippen molar-refractivity contribution in [2.24, 2.45) is 0 Å². The maximum absolute atomic E-state index is 13.9. The van der Waals surface area contributed by atoms with E-state index in [-0.39, 0.29) is 5.75 Å². The first-order valence-corrected chi connectivity index (χ1v) is 8.40. The first-order valence-electron chi connectivity index (χ1n) is 8.40. The number of imidazole rings is 1. The van der Waals surface area contributed by atoms with Crippen LogP contribution in [-0.4, -0.2) is 43.9 Å². The number of piperidine rings is 1. The molecule has 0 bridgehead atoms. The van der Waals surface area contributed by atoms with Crippen LogP contribution in [0.3, 0.4) is 0 Å². The number of hydrogen-bond donors (Lipinski definition) is 2. The lowest BCUT2D eigenvalue weighted by Crippen LogP contribution is -2.32. The molecule has 0 saturated carbocycles. The average molecular weight is 351 g/mol. The van der Waals surface area contributed by atoms with Crippen molar-refractivity contribution in [3.63, 3.8) is 0 Å². The minimum absolute atomic E-state index is 0.110. The lowest BCUT2D eigenvalue weighted by Gasteiger charge is -2.19. The highest BCUT2D eigenvalue weighted by Crippen LogP contribution is 2.29. The zero-order valence-corrected chi connectivity index (χ0v) is 14.0. The molecule has 0 aliphatic carbocycles. The van der Waals surface area contributed by atoms with E-state index >= 15 is 0 Å². The smallest absolute Gasteiger partial charge is 0.134 e. The fourth-order valence-electron chi connectivity index (χ4n) is 2.96. The van der Waals surface area contributed by atoms with Gasteiger partial charge in [0, 0.05) is 30.6 Å². The van der Waals surface area contributed by atoms with Gasteiger partial charge in [0.2, 0.25) is 0 Å². The molecule has 0 spiro atoms. The van der Waals surface area contributed by atoms with Crippen molar-refractivity contribution in [3.8, 4) is 22.7 Å². The van der Waals surface area contributed by atoms with Crippen LogP contribution in [0.2, 0.25) is 0 Å². The van der Waals surface area contributed by atoms with Gasteiger partial charge in [-0.3, -0.25) is 9.97 Å². The first kappa shape index (κ1) is 16.4. The van der Waals surface area contributed by atoms with Gasteiger partial charge in [0.05, 0.1) is 35.8 Å². The molecule has 1 fully saturated rings. The number of phenolic OH excluding ortho intramolecular Hbond substituents is 1. The predicted molar refractivity (Wildman–Crippen MR) is 96.6 cm³/mol. The number of nitrogens with one attached hydrogen (secondary N) is 1. The molecule has 1 aliphatic rings. The highest BCUT2D eigenvalue weighted by Gasteiger charge is 2.17. The van der Waals surface area contributed by atoms with Crippen LogP contribution in [0.4, 0.5) is 4.39 Å². The zero-order chi connectivity index (χ0) is 17.9. The number of phenols is 1. The van der Waals surface area contributed by atoms with Crippen molar-refractivity contribution in [2.45, 2.75) is 12.6 Å². The average Bonchev–Trinajstić information content (AvgIpc) is 3.19. The minimum Gasteiger partial charge on any atom is -0.507 e. The molecule has 132 valence electrons. The predicted octanol–water partition coefficient (Wildman–Crippen LogP) is 2.75. The first-order chi connectivity index (χ1) is 12.7. The topological polar surface area (TPSA) is 75.9 Å². The lowest BCUT2D eigenvalue weighted by molar-refractivity contribution is 0.334. The van der Waals surface area contributed by atoms with Gasteiger partial charge in [0.1, 0.15) is 11.9 Å². The summed E-state index contributed by atoms with van der Waals surface area (Å²) in [5, 5.41) is 13.4. The van der Waals surface area contributed by atoms with Crippen LogP contribution in [0.5, 0.6) is 5.75 Å². The van der Waals surface area contributed by atoms with E-state index in [0.29, 0.717) is 29.9 Å². The molecular formula is C19H18FN5O. The molecule has 7 heteroatoms. The number of alkyl halides is 1. The third kappa shape index (κ3) is 3.34. The van der Waals surface area contributed by atoms with Gasteiger partial charge >= 0.3 is 0 Å². The van der Waals surface area contributed by atoms with Crippen molar-refractivity contribution in [1.82, 2.24) is 24.8 Å². The molecule has 2 N–H and O–H groups in total. The summed E-state index contributed by atoms with van der Waals surface area (Å²) in [4.78, 5) is 12.7. The number of benzene rings is 1. The molecule has 0 unspecified atom stereocenters. The van der Waals surface area contributed by atoms with Crippen LogP contribution in [0.1, 0.15) is 12.1 Å². The summed E-state index contributed by atoms with van der Waals surface area (Å²) in [6, 6.07) is 5.31. The SMILES string of the molecule is Oc1cc(-n2ccnc2)ccc1-c1cnc(/C=C2/CCNC[C@H]2F)cn1. The van der Waals surface area contributed by atoms with Crippen LogP contribution >= 0.6 is 0 Å². The van der Waals surface area contributed by atoms with Crippen molar-refractivity contribution in [2.75, 3.05) is 13.1 Å². The van der Waals surface area contributed by atoms with Gasteiger partial charge in [-0.05, 0) is 36.7 Å². The van der Waals surface area contributed by atoms with E-state index in [1.54, 1.807) is 53.9 Å². The molecule has 2 aromatic heterocycles. The van der Waals surface area contributed by atoms with E-state index < -0.39 is 6.17 Å². The maximum atomic E-state index is 13.9. The molecule has 1 saturated heterocycles. The van der Waals surface area contributed by atoms with Gasteiger partial charge in [-0.25, -0.2) is 9.37 Å². The summed E-state index contributed by atoms with van der Waals surface area (Å²) in [5.74, 6) is 0.110. The Morgan fingerprint density at radius 1 is 1.27 bits per heavy atom. The zero-order valence-electron chi connectivity index (χ0n) is 14.0. The second-order valence-corrected chi connectivity index (χ2v) is 6.14. The van der Waals surface area contributed by atoms with E-state index in [1.807, 2.05) is 6.07 Å². The summed E-state index contributed by atoms with van der Waals surface area (Å²) < 4.78 is 15.7. The molecule has 1 aromatic carbocycles. The molecule has 3 aromatic rings. The standard InChI is InChI=1S/C19H18FN5O/c20-17-10-21-4-3-13(17)7-14-9-24-18(11-23-14)16-2-1-15(8-19(16)26)25-6-5-22-12-25/h1-2,5-9,11-12,17,21,26H,3-4,10H2/b13-7-/t17-/m1/s1. The second kappa shape index (κ2) is 7.05. The molecule has 4 rings (SSSR count). The summed E-state index contributed by atoms with van der Waals surface area (Å²) in [6.07, 6.45) is 9.77. The van der Waals surface area contributed by atoms with Crippen LogP contribution in [0.25, 0.3) is 23.0 Å². The number of rotatable bonds is 3. The second-order valence-electron chi connectivity index (χ2n) is 6.14. The fourth-order valence-corrected chi connectivity index (χ4v) is 2.96. The van der Waals surface area contributed by atoms with Gasteiger partial charge in [-0.1, -0.05) is 0 Å². The normalized spacial score (nSPS) is 19.0. The Kier molecular flexibility index (Phi) is 4.45. The third-order valence-corrected chi connectivity index (χ3v) is 4.38. The van der Waals surface area contributed by atoms with Gasteiger partial charge in [-0.15, -0.1) is 0 Å². The van der Waals surface area contributed by atoms with Crippen molar-refractivity contribution in [3.05, 3.63) is 60.6 Å². The van der Waals surface area contributed by atoms with Gasteiger partial charge in [-0.2, -0.15) is 0 Å². The Morgan fingerprint density at radius 2 is 2.19 bits per heavy atom. The number of aromatic hydroxyl groups is 1. The van der Waals surface area contributed by atoms with E-state index in [4.69, 9.17) is 0 Å². The Morgan fingerprint density at radius 3 is 2.88 bits per heavy atom. The number of halogens is 1. The lowest BCUT2D eigenvalue weighted by atomic mass is 10.0. The van der Waals surface area contributed by atoms with Crippen molar-refractivity contribution in [1.29, 1.82) is 0 Å². The number of hydrogen-bond acceptors (Lipinski definition) is 5. The largest absolute Gasteiger partial charge is 0.507 e. The van der Waals surface area contributed by atoms with Gasteiger partial charge in [0.15, 0.2) is 0 Å². The summed E-state index contributed by atoms with van der Waals surface area (Å²) in [6.45, 7) is 1.11. The number of nitrogens with zero attached hydrogens (tertiary/aromatic N) is 4. The highest BCUT2D eigenvalue weighted by atomic mass is 19.1. The Balaban J connectivity index is 1.58. The molecule has 1 atom stereocenters.